The number of nitrogens with zero attached hydrogens (tertiary/aromatic N) is 4. The largest absolute Gasteiger partial charge is 0.360 e. The summed E-state index contributed by atoms with van der Waals surface area (Å²) in [6.07, 6.45) is 2.38. The van der Waals surface area contributed by atoms with E-state index in [9.17, 15) is 19.2 Å². The van der Waals surface area contributed by atoms with Crippen LogP contribution in [0, 0.1) is 25.7 Å². The first kappa shape index (κ1) is 24.9. The molecule has 0 radical (unpaired) electrons. The van der Waals surface area contributed by atoms with Crippen LogP contribution in [-0.4, -0.2) is 70.9 Å². The molecule has 0 aromatic carbocycles. The summed E-state index contributed by atoms with van der Waals surface area (Å²) in [5.41, 5.74) is 0. The Kier molecular flexibility index (Phi) is 8.03. The number of likely N-dealkylation sites (N-methyl/N-ethyl adjacent to an activating group) is 2. The number of hydrogen-bond acceptors (Lipinski definition) is 8. The third kappa shape index (κ3) is 6.65. The zero-order chi connectivity index (χ0) is 24.8. The van der Waals surface area contributed by atoms with Gasteiger partial charge in [-0.2, -0.15) is 0 Å². The lowest BCUT2D eigenvalue weighted by Gasteiger charge is -2.32. The standard InChI is InChI=1S/C22H30N6O6/c1-13-8-17(25-33-13)23-19(29)11-27(3)21(31)15-6-5-7-16(10-15)22(32)28(4)12-20(30)24-18-9-14(2)34-26-18/h8-9,15-16H,5-7,10-12H2,1-4H3,(H,23,25,29)(H,24,26,30). The van der Waals surface area contributed by atoms with Crippen LogP contribution < -0.4 is 10.6 Å². The van der Waals surface area contributed by atoms with Crippen molar-refractivity contribution in [3.63, 3.8) is 0 Å². The van der Waals surface area contributed by atoms with Gasteiger partial charge in [0.25, 0.3) is 0 Å². The lowest BCUT2D eigenvalue weighted by atomic mass is 9.80. The van der Waals surface area contributed by atoms with Gasteiger partial charge in [0, 0.05) is 38.1 Å². The summed E-state index contributed by atoms with van der Waals surface area (Å²) >= 11 is 0. The minimum absolute atomic E-state index is 0.137. The molecule has 2 unspecified atom stereocenters. The molecule has 12 heteroatoms. The van der Waals surface area contributed by atoms with Crippen molar-refractivity contribution in [2.24, 2.45) is 11.8 Å². The zero-order valence-electron chi connectivity index (χ0n) is 19.8. The Bertz CT molecular complexity index is 966. The van der Waals surface area contributed by atoms with Crippen molar-refractivity contribution in [3.05, 3.63) is 23.7 Å². The highest BCUT2D eigenvalue weighted by Crippen LogP contribution is 2.31. The fourth-order valence-electron chi connectivity index (χ4n) is 4.06. The summed E-state index contributed by atoms with van der Waals surface area (Å²) in [5.74, 6) is -0.181. The first-order chi connectivity index (χ1) is 16.1. The van der Waals surface area contributed by atoms with E-state index in [1.807, 2.05) is 0 Å². The third-order valence-electron chi connectivity index (χ3n) is 5.68. The van der Waals surface area contributed by atoms with E-state index < -0.39 is 0 Å². The van der Waals surface area contributed by atoms with Gasteiger partial charge in [0.1, 0.15) is 11.5 Å². The van der Waals surface area contributed by atoms with E-state index in [0.29, 0.717) is 37.2 Å². The lowest BCUT2D eigenvalue weighted by molar-refractivity contribution is -0.142. The zero-order valence-corrected chi connectivity index (χ0v) is 19.8. The van der Waals surface area contributed by atoms with Gasteiger partial charge in [-0.1, -0.05) is 16.7 Å². The molecule has 0 bridgehead atoms. The molecule has 3 rings (SSSR count). The average molecular weight is 475 g/mol. The minimum Gasteiger partial charge on any atom is -0.360 e. The van der Waals surface area contributed by atoms with Crippen LogP contribution in [0.1, 0.15) is 37.2 Å². The highest BCUT2D eigenvalue weighted by atomic mass is 16.5. The number of carbonyl (C=O) groups excluding carboxylic acids is 4. The molecule has 1 saturated carbocycles. The van der Waals surface area contributed by atoms with Crippen LogP contribution >= 0.6 is 0 Å². The number of aromatic nitrogens is 2. The van der Waals surface area contributed by atoms with Crippen LogP contribution in [0.3, 0.4) is 0 Å². The first-order valence-corrected chi connectivity index (χ1v) is 11.1. The van der Waals surface area contributed by atoms with E-state index in [1.165, 1.54) is 9.80 Å². The number of aryl methyl sites for hydroxylation is 2. The van der Waals surface area contributed by atoms with Crippen LogP contribution in [0.4, 0.5) is 11.6 Å². The maximum Gasteiger partial charge on any atom is 0.245 e. The number of rotatable bonds is 8. The molecule has 1 aliphatic carbocycles. The highest BCUT2D eigenvalue weighted by molar-refractivity contribution is 5.95. The van der Waals surface area contributed by atoms with E-state index in [-0.39, 0.29) is 60.2 Å². The Hall–Kier alpha value is -3.70. The van der Waals surface area contributed by atoms with Gasteiger partial charge in [-0.05, 0) is 33.1 Å². The van der Waals surface area contributed by atoms with Crippen molar-refractivity contribution < 1.29 is 28.2 Å². The van der Waals surface area contributed by atoms with Gasteiger partial charge in [0.15, 0.2) is 11.6 Å². The summed E-state index contributed by atoms with van der Waals surface area (Å²) in [6.45, 7) is 3.14. The van der Waals surface area contributed by atoms with Crippen molar-refractivity contribution in [2.75, 3.05) is 37.8 Å². The summed E-state index contributed by atoms with van der Waals surface area (Å²) in [6, 6.07) is 3.17. The molecular formula is C22H30N6O6. The Morgan fingerprint density at radius 2 is 1.26 bits per heavy atom. The summed E-state index contributed by atoms with van der Waals surface area (Å²) in [5, 5.41) is 12.6. The van der Waals surface area contributed by atoms with E-state index >= 15 is 0 Å². The predicted octanol–water partition coefficient (Wildman–Crippen LogP) is 1.58. The molecule has 2 N–H and O–H groups in total. The van der Waals surface area contributed by atoms with Gasteiger partial charge in [-0.25, -0.2) is 0 Å². The Labute approximate surface area is 197 Å². The summed E-state index contributed by atoms with van der Waals surface area (Å²) in [4.78, 5) is 53.0. The second-order valence-corrected chi connectivity index (χ2v) is 8.69. The third-order valence-corrected chi connectivity index (χ3v) is 5.68. The quantitative estimate of drug-likeness (QED) is 0.585. The first-order valence-electron chi connectivity index (χ1n) is 11.1. The predicted molar refractivity (Wildman–Crippen MR) is 120 cm³/mol. The van der Waals surface area contributed by atoms with Crippen molar-refractivity contribution in [2.45, 2.75) is 39.5 Å². The second-order valence-electron chi connectivity index (χ2n) is 8.69. The molecule has 0 aliphatic heterocycles. The lowest BCUT2D eigenvalue weighted by Crippen LogP contribution is -2.43. The molecule has 184 valence electrons. The van der Waals surface area contributed by atoms with Crippen molar-refractivity contribution in [1.82, 2.24) is 20.1 Å². The van der Waals surface area contributed by atoms with Crippen LogP contribution in [0.5, 0.6) is 0 Å². The maximum atomic E-state index is 12.9. The molecule has 2 aromatic heterocycles. The van der Waals surface area contributed by atoms with Crippen LogP contribution in [0.25, 0.3) is 0 Å². The smallest absolute Gasteiger partial charge is 0.245 e. The molecule has 2 atom stereocenters. The van der Waals surface area contributed by atoms with Gasteiger partial charge < -0.3 is 29.5 Å². The van der Waals surface area contributed by atoms with E-state index in [1.54, 1.807) is 40.1 Å². The molecule has 12 nitrogen and oxygen atoms in total. The van der Waals surface area contributed by atoms with Crippen LogP contribution in [0.15, 0.2) is 21.2 Å². The molecule has 1 fully saturated rings. The number of anilines is 2. The SMILES string of the molecule is Cc1cc(NC(=O)CN(C)C(=O)C2CCCC(C(=O)N(C)CC(=O)Nc3cc(C)on3)C2)no1. The topological polar surface area (TPSA) is 151 Å². The van der Waals surface area contributed by atoms with Gasteiger partial charge in [0.05, 0.1) is 13.1 Å². The second kappa shape index (κ2) is 10.9. The van der Waals surface area contributed by atoms with Gasteiger partial charge in [-0.3, -0.25) is 19.2 Å². The molecule has 0 spiro atoms. The Morgan fingerprint density at radius 1 is 0.853 bits per heavy atom. The number of amides is 4. The molecule has 2 aromatic rings. The Balaban J connectivity index is 1.48. The van der Waals surface area contributed by atoms with Gasteiger partial charge >= 0.3 is 0 Å². The number of hydrogen-bond donors (Lipinski definition) is 2. The fourth-order valence-corrected chi connectivity index (χ4v) is 4.06. The maximum absolute atomic E-state index is 12.9. The number of nitrogens with one attached hydrogen (secondary N) is 2. The average Bonchev–Trinajstić information content (AvgIpc) is 3.39. The molecule has 4 amide bonds. The molecule has 34 heavy (non-hydrogen) atoms. The van der Waals surface area contributed by atoms with E-state index in [0.717, 1.165) is 0 Å². The minimum atomic E-state index is -0.388. The van der Waals surface area contributed by atoms with E-state index in [2.05, 4.69) is 20.9 Å². The summed E-state index contributed by atoms with van der Waals surface area (Å²) in [7, 11) is 3.12. The van der Waals surface area contributed by atoms with E-state index in [4.69, 9.17) is 9.05 Å². The normalized spacial score (nSPS) is 17.6. The summed E-state index contributed by atoms with van der Waals surface area (Å²) < 4.78 is 9.82. The molecule has 0 saturated heterocycles. The van der Waals surface area contributed by atoms with Crippen molar-refractivity contribution in [1.29, 1.82) is 0 Å². The van der Waals surface area contributed by atoms with Gasteiger partial charge in [-0.15, -0.1) is 0 Å². The van der Waals surface area contributed by atoms with Crippen molar-refractivity contribution in [3.8, 4) is 0 Å². The molecular weight excluding hydrogens is 444 g/mol. The fraction of sp³-hybridized carbons (Fsp3) is 0.545. The van der Waals surface area contributed by atoms with Crippen LogP contribution in [0.2, 0.25) is 0 Å². The molecule has 2 heterocycles. The Morgan fingerprint density at radius 3 is 1.62 bits per heavy atom. The highest BCUT2D eigenvalue weighted by Gasteiger charge is 2.34. The van der Waals surface area contributed by atoms with Gasteiger partial charge in [0.2, 0.25) is 23.6 Å². The molecule has 1 aliphatic rings. The number of carbonyl (C=O) groups is 4. The van der Waals surface area contributed by atoms with Crippen molar-refractivity contribution >= 4 is 35.3 Å². The monoisotopic (exact) mass is 474 g/mol. The van der Waals surface area contributed by atoms with Crippen LogP contribution in [-0.2, 0) is 19.2 Å².